The maximum atomic E-state index is 11.9. The molecule has 4 aliphatic rings. The molecule has 2 heterocycles. The number of aliphatic hydroxyl groups excluding tert-OH is 1. The Morgan fingerprint density at radius 2 is 1.29 bits per heavy atom. The molecule has 6 heteroatoms. The summed E-state index contributed by atoms with van der Waals surface area (Å²) in [7, 11) is 0. The van der Waals surface area contributed by atoms with Crippen molar-refractivity contribution in [2.45, 2.75) is 51.7 Å². The first-order chi connectivity index (χ1) is 16.4. The van der Waals surface area contributed by atoms with Crippen LogP contribution in [0.5, 0.6) is 0 Å². The number of alkyl halides is 1. The zero-order chi connectivity index (χ0) is 24.0. The summed E-state index contributed by atoms with van der Waals surface area (Å²) in [4.78, 5) is 27.8. The SMILES string of the molecule is Cc1cc(CBr)ccc1CN1CC2CC2C1=O.Cc1cc(CO)ccc1CN1CC2CC2C1=O. The van der Waals surface area contributed by atoms with Crippen LogP contribution in [0.4, 0.5) is 0 Å². The van der Waals surface area contributed by atoms with Gasteiger partial charge in [-0.1, -0.05) is 52.3 Å². The predicted molar refractivity (Wildman–Crippen MR) is 135 cm³/mol. The molecular formula is C28H33BrN2O3. The lowest BCUT2D eigenvalue weighted by molar-refractivity contribution is -0.131. The molecule has 4 atom stereocenters. The Morgan fingerprint density at radius 1 is 0.824 bits per heavy atom. The number of likely N-dealkylation sites (tertiary alicyclic amines) is 2. The summed E-state index contributed by atoms with van der Waals surface area (Å²) in [5.74, 6) is 2.73. The van der Waals surface area contributed by atoms with Crippen molar-refractivity contribution in [2.75, 3.05) is 13.1 Å². The molecule has 0 bridgehead atoms. The number of carbonyl (C=O) groups is 2. The van der Waals surface area contributed by atoms with Crippen molar-refractivity contribution in [3.63, 3.8) is 0 Å². The number of benzene rings is 2. The Labute approximate surface area is 210 Å². The van der Waals surface area contributed by atoms with Gasteiger partial charge in [0.1, 0.15) is 0 Å². The fourth-order valence-corrected chi connectivity index (χ4v) is 5.82. The second-order valence-corrected chi connectivity index (χ2v) is 11.0. The first-order valence-electron chi connectivity index (χ1n) is 12.3. The molecule has 2 saturated heterocycles. The number of aliphatic hydroxyl groups is 1. The van der Waals surface area contributed by atoms with Crippen molar-refractivity contribution < 1.29 is 14.7 Å². The van der Waals surface area contributed by atoms with Crippen molar-refractivity contribution in [3.05, 3.63) is 69.8 Å². The summed E-state index contributed by atoms with van der Waals surface area (Å²) in [6, 6.07) is 12.4. The lowest BCUT2D eigenvalue weighted by Gasteiger charge is -2.19. The molecule has 2 aromatic carbocycles. The quantitative estimate of drug-likeness (QED) is 0.572. The highest BCUT2D eigenvalue weighted by molar-refractivity contribution is 9.08. The van der Waals surface area contributed by atoms with Gasteiger partial charge in [0.25, 0.3) is 0 Å². The van der Waals surface area contributed by atoms with E-state index in [0.717, 1.165) is 55.5 Å². The molecule has 5 nitrogen and oxygen atoms in total. The first-order valence-corrected chi connectivity index (χ1v) is 13.4. The molecule has 2 aliphatic heterocycles. The Hall–Kier alpha value is -2.18. The van der Waals surface area contributed by atoms with Crippen molar-refractivity contribution in [2.24, 2.45) is 23.7 Å². The van der Waals surface area contributed by atoms with E-state index in [1.54, 1.807) is 0 Å². The molecule has 180 valence electrons. The van der Waals surface area contributed by atoms with E-state index in [2.05, 4.69) is 41.1 Å². The Kier molecular flexibility index (Phi) is 6.56. The van der Waals surface area contributed by atoms with Crippen molar-refractivity contribution >= 4 is 27.7 Å². The van der Waals surface area contributed by atoms with Crippen molar-refractivity contribution in [1.82, 2.24) is 9.80 Å². The van der Waals surface area contributed by atoms with Crippen LogP contribution >= 0.6 is 15.9 Å². The highest BCUT2D eigenvalue weighted by atomic mass is 79.9. The Bertz CT molecular complexity index is 1030. The largest absolute Gasteiger partial charge is 0.392 e. The van der Waals surface area contributed by atoms with Gasteiger partial charge in [-0.3, -0.25) is 9.59 Å². The van der Waals surface area contributed by atoms with Crippen LogP contribution in [0.1, 0.15) is 46.2 Å². The Balaban J connectivity index is 0.000000142. The van der Waals surface area contributed by atoms with Crippen LogP contribution in [0.2, 0.25) is 0 Å². The average Bonchev–Trinajstić information content (AvgIpc) is 3.73. The molecule has 6 rings (SSSR count). The first kappa shape index (κ1) is 23.6. The standard InChI is InChI=1S/C14H16BrNO.C14H17NO2/c1-9-4-10(6-15)2-3-11(9)7-16-8-12-5-13(12)14(16)17;1-9-4-10(8-16)2-3-11(9)6-15-7-12-5-13(12)14(15)17/h2-4,12-13H,5-8H2,1H3;2-4,12-13,16H,5-8H2,1H3. The third-order valence-electron chi connectivity index (χ3n) is 7.89. The van der Waals surface area contributed by atoms with Gasteiger partial charge >= 0.3 is 0 Å². The number of halogens is 1. The molecule has 0 radical (unpaired) electrons. The maximum Gasteiger partial charge on any atom is 0.226 e. The van der Waals surface area contributed by atoms with Crippen LogP contribution in [0.15, 0.2) is 36.4 Å². The topological polar surface area (TPSA) is 60.9 Å². The molecule has 0 aromatic heterocycles. The molecule has 2 aromatic rings. The van der Waals surface area contributed by atoms with E-state index in [9.17, 15) is 9.59 Å². The van der Waals surface area contributed by atoms with Gasteiger partial charge in [-0.05, 0) is 71.9 Å². The minimum absolute atomic E-state index is 0.0773. The zero-order valence-corrected chi connectivity index (χ0v) is 21.6. The highest BCUT2D eigenvalue weighted by Crippen LogP contribution is 2.47. The highest BCUT2D eigenvalue weighted by Gasteiger charge is 2.52. The van der Waals surface area contributed by atoms with E-state index in [1.807, 2.05) is 34.9 Å². The summed E-state index contributed by atoms with van der Waals surface area (Å²) >= 11 is 3.46. The van der Waals surface area contributed by atoms with Gasteiger partial charge in [0.15, 0.2) is 0 Å². The summed E-state index contributed by atoms with van der Waals surface area (Å²) in [6.45, 7) is 7.67. The van der Waals surface area contributed by atoms with Crippen LogP contribution in [0.3, 0.4) is 0 Å². The van der Waals surface area contributed by atoms with Gasteiger partial charge in [0.05, 0.1) is 6.61 Å². The number of carbonyl (C=O) groups excluding carboxylic acids is 2. The minimum atomic E-state index is 0.0773. The van der Waals surface area contributed by atoms with Crippen LogP contribution in [-0.4, -0.2) is 39.8 Å². The van der Waals surface area contributed by atoms with Gasteiger partial charge in [-0.25, -0.2) is 0 Å². The fourth-order valence-electron chi connectivity index (χ4n) is 5.47. The van der Waals surface area contributed by atoms with Crippen molar-refractivity contribution in [1.29, 1.82) is 0 Å². The van der Waals surface area contributed by atoms with E-state index < -0.39 is 0 Å². The third kappa shape index (κ3) is 4.80. The average molecular weight is 525 g/mol. The lowest BCUT2D eigenvalue weighted by atomic mass is 10.0. The molecule has 2 aliphatic carbocycles. The monoisotopic (exact) mass is 524 g/mol. The minimum Gasteiger partial charge on any atom is -0.392 e. The normalized spacial score (nSPS) is 26.2. The second-order valence-electron chi connectivity index (χ2n) is 10.5. The molecule has 0 spiro atoms. The lowest BCUT2D eigenvalue weighted by Crippen LogP contribution is -2.28. The number of fused-ring (bicyclic) bond motifs is 2. The van der Waals surface area contributed by atoms with Gasteiger partial charge in [0.2, 0.25) is 11.8 Å². The zero-order valence-electron chi connectivity index (χ0n) is 20.0. The third-order valence-corrected chi connectivity index (χ3v) is 8.53. The molecular weight excluding hydrogens is 492 g/mol. The number of nitrogens with zero attached hydrogens (tertiary/aromatic N) is 2. The van der Waals surface area contributed by atoms with Gasteiger partial charge in [-0.2, -0.15) is 0 Å². The number of hydrogen-bond acceptors (Lipinski definition) is 3. The molecule has 2 amide bonds. The Morgan fingerprint density at radius 3 is 1.68 bits per heavy atom. The van der Waals surface area contributed by atoms with E-state index in [-0.39, 0.29) is 6.61 Å². The summed E-state index contributed by atoms with van der Waals surface area (Å²) in [6.07, 6.45) is 2.24. The van der Waals surface area contributed by atoms with Crippen LogP contribution < -0.4 is 0 Å². The van der Waals surface area contributed by atoms with E-state index in [4.69, 9.17) is 5.11 Å². The van der Waals surface area contributed by atoms with Crippen LogP contribution in [0.25, 0.3) is 0 Å². The number of aryl methyl sites for hydroxylation is 2. The number of hydrogen-bond donors (Lipinski definition) is 1. The number of rotatable bonds is 6. The summed E-state index contributed by atoms with van der Waals surface area (Å²) < 4.78 is 0. The van der Waals surface area contributed by atoms with Gasteiger partial charge in [-0.15, -0.1) is 0 Å². The molecule has 2 saturated carbocycles. The second kappa shape index (κ2) is 9.46. The molecule has 34 heavy (non-hydrogen) atoms. The van der Waals surface area contributed by atoms with Crippen LogP contribution in [0, 0.1) is 37.5 Å². The maximum absolute atomic E-state index is 11.9. The van der Waals surface area contributed by atoms with E-state index >= 15 is 0 Å². The molecule has 4 fully saturated rings. The van der Waals surface area contributed by atoms with Crippen LogP contribution in [-0.2, 0) is 34.6 Å². The van der Waals surface area contributed by atoms with Gasteiger partial charge in [0, 0.05) is 43.3 Å². The number of amides is 2. The molecule has 4 unspecified atom stereocenters. The molecule has 1 N–H and O–H groups in total. The summed E-state index contributed by atoms with van der Waals surface area (Å²) in [5, 5.41) is 9.95. The van der Waals surface area contributed by atoms with Crippen molar-refractivity contribution in [3.8, 4) is 0 Å². The predicted octanol–water partition coefficient (Wildman–Crippen LogP) is 4.33. The smallest absolute Gasteiger partial charge is 0.226 e. The summed E-state index contributed by atoms with van der Waals surface area (Å²) in [5.41, 5.74) is 7.14. The number of piperidine rings is 2. The van der Waals surface area contributed by atoms with E-state index in [0.29, 0.717) is 35.5 Å². The fraction of sp³-hybridized carbons (Fsp3) is 0.500. The van der Waals surface area contributed by atoms with Gasteiger partial charge < -0.3 is 14.9 Å². The van der Waals surface area contributed by atoms with E-state index in [1.165, 1.54) is 22.3 Å².